The summed E-state index contributed by atoms with van der Waals surface area (Å²) in [7, 11) is 1.68. The highest BCUT2D eigenvalue weighted by atomic mass is 16.3. The van der Waals surface area contributed by atoms with Crippen molar-refractivity contribution in [3.63, 3.8) is 0 Å². The fourth-order valence-electron chi connectivity index (χ4n) is 3.01. The molecule has 2 aromatic rings. The predicted molar refractivity (Wildman–Crippen MR) is 89.7 cm³/mol. The van der Waals surface area contributed by atoms with Crippen molar-refractivity contribution in [3.05, 3.63) is 48.2 Å². The number of anilines is 1. The van der Waals surface area contributed by atoms with Gasteiger partial charge < -0.3 is 14.9 Å². The molecule has 0 spiro atoms. The molecule has 1 N–H and O–H groups in total. The Morgan fingerprint density at radius 3 is 2.88 bits per heavy atom. The first-order valence-corrected chi connectivity index (χ1v) is 7.90. The van der Waals surface area contributed by atoms with Gasteiger partial charge >= 0.3 is 0 Å². The third-order valence-electron chi connectivity index (χ3n) is 4.18. The van der Waals surface area contributed by atoms with Gasteiger partial charge in [0.1, 0.15) is 22.9 Å². The SMILES string of the molecule is Cc1nccc(C(=O)N(C)C[C@@]2(O)CCN(c3ccccn3)C2)n1. The van der Waals surface area contributed by atoms with E-state index in [1.54, 1.807) is 32.4 Å². The fraction of sp³-hybridized carbons (Fsp3) is 0.412. The third kappa shape index (κ3) is 3.51. The molecule has 1 aliphatic heterocycles. The number of likely N-dealkylation sites (N-methyl/N-ethyl adjacent to an activating group) is 1. The number of aryl methyl sites for hydroxylation is 1. The van der Waals surface area contributed by atoms with E-state index in [9.17, 15) is 9.90 Å². The first kappa shape index (κ1) is 16.3. The zero-order valence-corrected chi connectivity index (χ0v) is 13.9. The monoisotopic (exact) mass is 327 g/mol. The van der Waals surface area contributed by atoms with Gasteiger partial charge in [0.15, 0.2) is 0 Å². The molecule has 0 saturated carbocycles. The van der Waals surface area contributed by atoms with Crippen LogP contribution >= 0.6 is 0 Å². The third-order valence-corrected chi connectivity index (χ3v) is 4.18. The predicted octanol–water partition coefficient (Wildman–Crippen LogP) is 0.893. The Morgan fingerprint density at radius 1 is 1.33 bits per heavy atom. The minimum Gasteiger partial charge on any atom is -0.386 e. The molecule has 0 unspecified atom stereocenters. The molecule has 7 heteroatoms. The first-order valence-electron chi connectivity index (χ1n) is 7.90. The maximum atomic E-state index is 12.5. The van der Waals surface area contributed by atoms with E-state index in [4.69, 9.17) is 0 Å². The van der Waals surface area contributed by atoms with Crippen molar-refractivity contribution in [2.24, 2.45) is 0 Å². The second kappa shape index (κ2) is 6.52. The van der Waals surface area contributed by atoms with Crippen molar-refractivity contribution in [1.29, 1.82) is 0 Å². The van der Waals surface area contributed by atoms with Gasteiger partial charge in [0.05, 0.1) is 6.54 Å². The Hall–Kier alpha value is -2.54. The number of nitrogens with zero attached hydrogens (tertiary/aromatic N) is 5. The zero-order valence-electron chi connectivity index (χ0n) is 13.9. The van der Waals surface area contributed by atoms with Gasteiger partial charge in [-0.15, -0.1) is 0 Å². The number of carbonyl (C=O) groups is 1. The minimum absolute atomic E-state index is 0.217. The summed E-state index contributed by atoms with van der Waals surface area (Å²) in [5.74, 6) is 1.18. The van der Waals surface area contributed by atoms with E-state index in [0.717, 1.165) is 5.82 Å². The summed E-state index contributed by atoms with van der Waals surface area (Å²) in [6.45, 7) is 3.15. The normalized spacial score (nSPS) is 20.2. The van der Waals surface area contributed by atoms with Crippen molar-refractivity contribution >= 4 is 11.7 Å². The number of β-amino-alcohol motifs (C(OH)–C–C–N with tert-alkyl or cyclic N) is 1. The summed E-state index contributed by atoms with van der Waals surface area (Å²) < 4.78 is 0. The van der Waals surface area contributed by atoms with Gasteiger partial charge in [-0.3, -0.25) is 4.79 Å². The number of rotatable bonds is 4. The molecule has 1 aliphatic rings. The summed E-state index contributed by atoms with van der Waals surface area (Å²) in [6.07, 6.45) is 3.89. The highest BCUT2D eigenvalue weighted by Gasteiger charge is 2.38. The topological polar surface area (TPSA) is 82.5 Å². The molecule has 0 radical (unpaired) electrons. The Bertz CT molecular complexity index is 724. The van der Waals surface area contributed by atoms with Gasteiger partial charge in [-0.1, -0.05) is 6.07 Å². The summed E-state index contributed by atoms with van der Waals surface area (Å²) in [4.78, 5) is 28.5. The quantitative estimate of drug-likeness (QED) is 0.898. The van der Waals surface area contributed by atoms with E-state index in [1.165, 1.54) is 4.90 Å². The number of aromatic nitrogens is 3. The highest BCUT2D eigenvalue weighted by Crippen LogP contribution is 2.26. The molecule has 1 atom stereocenters. The van der Waals surface area contributed by atoms with Crippen LogP contribution in [0.5, 0.6) is 0 Å². The van der Waals surface area contributed by atoms with Gasteiger partial charge in [0.25, 0.3) is 5.91 Å². The van der Waals surface area contributed by atoms with Crippen LogP contribution < -0.4 is 4.90 Å². The Labute approximate surface area is 141 Å². The van der Waals surface area contributed by atoms with Crippen LogP contribution in [0.15, 0.2) is 36.7 Å². The molecule has 2 aromatic heterocycles. The largest absolute Gasteiger partial charge is 0.386 e. The van der Waals surface area contributed by atoms with Gasteiger partial charge in [-0.2, -0.15) is 0 Å². The Balaban J connectivity index is 1.66. The second-order valence-electron chi connectivity index (χ2n) is 6.23. The maximum absolute atomic E-state index is 12.5. The lowest BCUT2D eigenvalue weighted by Gasteiger charge is -2.29. The van der Waals surface area contributed by atoms with Crippen molar-refractivity contribution in [2.45, 2.75) is 18.9 Å². The molecule has 0 bridgehead atoms. The van der Waals surface area contributed by atoms with Crippen molar-refractivity contribution in [1.82, 2.24) is 19.9 Å². The van der Waals surface area contributed by atoms with Crippen LogP contribution in [0.3, 0.4) is 0 Å². The van der Waals surface area contributed by atoms with Crippen LogP contribution in [0.2, 0.25) is 0 Å². The lowest BCUT2D eigenvalue weighted by atomic mass is 10.0. The summed E-state index contributed by atoms with van der Waals surface area (Å²) in [6, 6.07) is 7.30. The number of aliphatic hydroxyl groups is 1. The molecule has 1 fully saturated rings. The van der Waals surface area contributed by atoms with E-state index in [-0.39, 0.29) is 12.5 Å². The molecular formula is C17H21N5O2. The maximum Gasteiger partial charge on any atom is 0.272 e. The molecule has 1 saturated heterocycles. The second-order valence-corrected chi connectivity index (χ2v) is 6.23. The smallest absolute Gasteiger partial charge is 0.272 e. The molecule has 0 aliphatic carbocycles. The molecular weight excluding hydrogens is 306 g/mol. The highest BCUT2D eigenvalue weighted by molar-refractivity contribution is 5.92. The molecule has 7 nitrogen and oxygen atoms in total. The van der Waals surface area contributed by atoms with Gasteiger partial charge in [0, 0.05) is 32.5 Å². The standard InChI is InChI=1S/C17H21N5O2/c1-13-18-9-6-14(20-13)16(23)21(2)11-17(24)7-10-22(12-17)15-5-3-4-8-19-15/h3-6,8-9,24H,7,10-12H2,1-2H3/t17-/m0/s1. The molecule has 3 heterocycles. The van der Waals surface area contributed by atoms with E-state index in [2.05, 4.69) is 15.0 Å². The average Bonchev–Trinajstić information content (AvgIpc) is 2.97. The molecule has 126 valence electrons. The van der Waals surface area contributed by atoms with Crippen molar-refractivity contribution in [3.8, 4) is 0 Å². The number of hydrogen-bond donors (Lipinski definition) is 1. The molecule has 0 aromatic carbocycles. The number of hydrogen-bond acceptors (Lipinski definition) is 6. The molecule has 1 amide bonds. The number of amides is 1. The lowest BCUT2D eigenvalue weighted by Crippen LogP contribution is -2.46. The van der Waals surface area contributed by atoms with Gasteiger partial charge in [-0.25, -0.2) is 15.0 Å². The minimum atomic E-state index is -0.954. The van der Waals surface area contributed by atoms with Crippen LogP contribution in [0, 0.1) is 6.92 Å². The van der Waals surface area contributed by atoms with Gasteiger partial charge in [-0.05, 0) is 31.5 Å². The summed E-state index contributed by atoms with van der Waals surface area (Å²) >= 11 is 0. The summed E-state index contributed by atoms with van der Waals surface area (Å²) in [5.41, 5.74) is -0.613. The zero-order chi connectivity index (χ0) is 17.2. The van der Waals surface area contributed by atoms with E-state index in [1.807, 2.05) is 23.1 Å². The average molecular weight is 327 g/mol. The van der Waals surface area contributed by atoms with Crippen molar-refractivity contribution < 1.29 is 9.90 Å². The van der Waals surface area contributed by atoms with Crippen LogP contribution in [0.4, 0.5) is 5.82 Å². The Kier molecular flexibility index (Phi) is 4.44. The van der Waals surface area contributed by atoms with E-state index < -0.39 is 5.60 Å². The van der Waals surface area contributed by atoms with E-state index in [0.29, 0.717) is 31.0 Å². The van der Waals surface area contributed by atoms with Gasteiger partial charge in [0.2, 0.25) is 0 Å². The number of carbonyl (C=O) groups excluding carboxylic acids is 1. The van der Waals surface area contributed by atoms with Crippen LogP contribution in [-0.2, 0) is 0 Å². The van der Waals surface area contributed by atoms with E-state index >= 15 is 0 Å². The van der Waals surface area contributed by atoms with Crippen LogP contribution in [0.25, 0.3) is 0 Å². The molecule has 3 rings (SSSR count). The Morgan fingerprint density at radius 2 is 2.17 bits per heavy atom. The summed E-state index contributed by atoms with van der Waals surface area (Å²) in [5, 5.41) is 10.8. The number of pyridine rings is 1. The fourth-order valence-corrected chi connectivity index (χ4v) is 3.01. The van der Waals surface area contributed by atoms with Crippen molar-refractivity contribution in [2.75, 3.05) is 31.6 Å². The lowest BCUT2D eigenvalue weighted by molar-refractivity contribution is 0.0261. The first-order chi connectivity index (χ1) is 11.5. The molecule has 24 heavy (non-hydrogen) atoms. The van der Waals surface area contributed by atoms with Crippen LogP contribution in [0.1, 0.15) is 22.7 Å². The van der Waals surface area contributed by atoms with Crippen LogP contribution in [-0.4, -0.2) is 63.1 Å².